The van der Waals surface area contributed by atoms with Gasteiger partial charge in [-0.15, -0.1) is 0 Å². The van der Waals surface area contributed by atoms with Crippen molar-refractivity contribution in [2.24, 2.45) is 0 Å². The van der Waals surface area contributed by atoms with Gasteiger partial charge >= 0.3 is 6.09 Å². The van der Waals surface area contributed by atoms with E-state index < -0.39 is 6.09 Å². The Morgan fingerprint density at radius 1 is 1.19 bits per heavy atom. The predicted molar refractivity (Wildman–Crippen MR) is 77.9 cm³/mol. The fraction of sp³-hybridized carbons (Fsp3) is 0.467. The third-order valence-electron chi connectivity index (χ3n) is 3.26. The van der Waals surface area contributed by atoms with Gasteiger partial charge in [-0.2, -0.15) is 0 Å². The van der Waals surface area contributed by atoms with Gasteiger partial charge in [0.05, 0.1) is 6.61 Å². The molecule has 113 valence electrons. The van der Waals surface area contributed by atoms with Crippen LogP contribution in [0.15, 0.2) is 30.3 Å². The third-order valence-corrected chi connectivity index (χ3v) is 3.26. The summed E-state index contributed by atoms with van der Waals surface area (Å²) in [5, 5.41) is 6.65. The van der Waals surface area contributed by atoms with E-state index in [1.54, 1.807) is 4.90 Å². The van der Waals surface area contributed by atoms with E-state index in [-0.39, 0.29) is 12.5 Å². The van der Waals surface area contributed by atoms with E-state index in [4.69, 9.17) is 4.74 Å². The van der Waals surface area contributed by atoms with E-state index in [1.165, 1.54) is 0 Å². The number of hydrogen-bond acceptors (Lipinski definition) is 3. The predicted octanol–water partition coefficient (Wildman–Crippen LogP) is 0.402. The van der Waals surface area contributed by atoms with Crippen LogP contribution in [0.4, 0.5) is 4.79 Å². The van der Waals surface area contributed by atoms with Crippen LogP contribution in [0.5, 0.6) is 0 Å². The maximum atomic E-state index is 11.8. The summed E-state index contributed by atoms with van der Waals surface area (Å²) in [6.07, 6.45) is 0.108. The van der Waals surface area contributed by atoms with E-state index in [1.807, 2.05) is 30.3 Å². The van der Waals surface area contributed by atoms with E-state index >= 15 is 0 Å². The molecule has 1 radical (unpaired) electrons. The number of ether oxygens (including phenoxy) is 1. The Hall–Kier alpha value is -2.08. The number of amides is 2. The molecule has 1 N–H and O–H groups in total. The Kier molecular flexibility index (Phi) is 6.02. The Morgan fingerprint density at radius 2 is 1.90 bits per heavy atom. The second kappa shape index (κ2) is 8.26. The van der Waals surface area contributed by atoms with Crippen LogP contribution in [0, 0.1) is 0 Å². The lowest BCUT2D eigenvalue weighted by molar-refractivity contribution is -0.130. The molecule has 2 amide bonds. The van der Waals surface area contributed by atoms with Gasteiger partial charge < -0.3 is 15.0 Å². The van der Waals surface area contributed by atoms with Gasteiger partial charge in [-0.25, -0.2) is 10.1 Å². The normalized spacial score (nSPS) is 14.6. The average molecular weight is 290 g/mol. The molecule has 1 fully saturated rings. The monoisotopic (exact) mass is 290 g/mol. The molecule has 0 bridgehead atoms. The first-order chi connectivity index (χ1) is 10.3. The number of nitrogens with one attached hydrogen (secondary N) is 1. The molecule has 6 heteroatoms. The maximum absolute atomic E-state index is 11.8. The largest absolute Gasteiger partial charge is 0.449 e. The van der Waals surface area contributed by atoms with Crippen molar-refractivity contribution >= 4 is 12.0 Å². The molecular weight excluding hydrogens is 270 g/mol. The maximum Gasteiger partial charge on any atom is 0.407 e. The number of benzene rings is 1. The van der Waals surface area contributed by atoms with Crippen LogP contribution in [-0.2, 0) is 16.0 Å². The van der Waals surface area contributed by atoms with Crippen molar-refractivity contribution in [2.75, 3.05) is 39.3 Å². The van der Waals surface area contributed by atoms with Gasteiger partial charge in [0.25, 0.3) is 0 Å². The van der Waals surface area contributed by atoms with Gasteiger partial charge in [0.2, 0.25) is 5.91 Å². The molecule has 2 rings (SSSR count). The molecule has 0 spiro atoms. The minimum Gasteiger partial charge on any atom is -0.449 e. The summed E-state index contributed by atoms with van der Waals surface area (Å²) in [5.74, 6) is -0.0927. The van der Waals surface area contributed by atoms with Gasteiger partial charge in [-0.05, 0) is 5.56 Å². The summed E-state index contributed by atoms with van der Waals surface area (Å²) in [4.78, 5) is 25.0. The van der Waals surface area contributed by atoms with Crippen LogP contribution in [0.2, 0.25) is 0 Å². The molecular formula is C15H20N3O3. The summed E-state index contributed by atoms with van der Waals surface area (Å²) in [5.41, 5.74) is 1.11. The SMILES string of the molecule is O=C(NCC(=O)N1CC[N]CC1)OCCc1ccccc1. The second-order valence-corrected chi connectivity index (χ2v) is 4.78. The Labute approximate surface area is 124 Å². The van der Waals surface area contributed by atoms with Gasteiger partial charge in [0.15, 0.2) is 0 Å². The van der Waals surface area contributed by atoms with Crippen molar-refractivity contribution in [1.82, 2.24) is 15.5 Å². The van der Waals surface area contributed by atoms with Gasteiger partial charge in [0, 0.05) is 32.6 Å². The summed E-state index contributed by atoms with van der Waals surface area (Å²) < 4.78 is 5.04. The molecule has 0 aromatic heterocycles. The molecule has 0 unspecified atom stereocenters. The number of rotatable bonds is 5. The standard InChI is InChI=1S/C15H20N3O3/c19-14(18-9-7-16-8-10-18)12-17-15(20)21-11-6-13-4-2-1-3-5-13/h1-5H,6-12H2,(H,17,20). The van der Waals surface area contributed by atoms with Crippen LogP contribution >= 0.6 is 0 Å². The summed E-state index contributed by atoms with van der Waals surface area (Å²) >= 11 is 0. The first kappa shape index (κ1) is 15.3. The highest BCUT2D eigenvalue weighted by Gasteiger charge is 2.17. The number of carbonyl (C=O) groups excluding carboxylic acids is 2. The lowest BCUT2D eigenvalue weighted by Crippen LogP contribution is -2.47. The fourth-order valence-electron chi connectivity index (χ4n) is 2.07. The Balaban J connectivity index is 1.60. The molecule has 1 aliphatic rings. The number of nitrogens with zero attached hydrogens (tertiary/aromatic N) is 2. The van der Waals surface area contributed by atoms with Crippen LogP contribution < -0.4 is 10.6 Å². The molecule has 6 nitrogen and oxygen atoms in total. The van der Waals surface area contributed by atoms with Gasteiger partial charge in [-0.3, -0.25) is 4.79 Å². The highest BCUT2D eigenvalue weighted by molar-refractivity contribution is 5.82. The van der Waals surface area contributed by atoms with Crippen molar-refractivity contribution < 1.29 is 14.3 Å². The Bertz CT molecular complexity index is 458. The van der Waals surface area contributed by atoms with Crippen LogP contribution in [0.3, 0.4) is 0 Å². The zero-order valence-corrected chi connectivity index (χ0v) is 12.0. The quantitative estimate of drug-likeness (QED) is 0.853. The molecule has 0 atom stereocenters. The number of alkyl carbamates (subject to hydrolysis) is 1. The zero-order valence-electron chi connectivity index (χ0n) is 12.0. The smallest absolute Gasteiger partial charge is 0.407 e. The van der Waals surface area contributed by atoms with Crippen molar-refractivity contribution in [1.29, 1.82) is 0 Å². The first-order valence-electron chi connectivity index (χ1n) is 7.11. The summed E-state index contributed by atoms with van der Waals surface area (Å²) in [6, 6.07) is 9.78. The third kappa shape index (κ3) is 5.43. The fourth-order valence-corrected chi connectivity index (χ4v) is 2.07. The van der Waals surface area contributed by atoms with Crippen molar-refractivity contribution in [3.63, 3.8) is 0 Å². The van der Waals surface area contributed by atoms with Crippen molar-refractivity contribution in [2.45, 2.75) is 6.42 Å². The van der Waals surface area contributed by atoms with E-state index in [2.05, 4.69) is 10.6 Å². The topological polar surface area (TPSA) is 72.7 Å². The van der Waals surface area contributed by atoms with Crippen molar-refractivity contribution in [3.05, 3.63) is 35.9 Å². The average Bonchev–Trinajstić information content (AvgIpc) is 2.54. The van der Waals surface area contributed by atoms with E-state index in [9.17, 15) is 9.59 Å². The summed E-state index contributed by atoms with van der Waals surface area (Å²) in [7, 11) is 0. The van der Waals surface area contributed by atoms with Crippen LogP contribution in [0.25, 0.3) is 0 Å². The molecule has 0 aliphatic carbocycles. The van der Waals surface area contributed by atoms with Crippen LogP contribution in [-0.4, -0.2) is 56.2 Å². The molecule has 1 aromatic rings. The molecule has 0 saturated carbocycles. The lowest BCUT2D eigenvalue weighted by atomic mass is 10.2. The number of carbonyl (C=O) groups is 2. The molecule has 21 heavy (non-hydrogen) atoms. The van der Waals surface area contributed by atoms with Gasteiger partial charge in [0.1, 0.15) is 6.54 Å². The molecule has 1 saturated heterocycles. The van der Waals surface area contributed by atoms with Gasteiger partial charge in [-0.1, -0.05) is 30.3 Å². The summed E-state index contributed by atoms with van der Waals surface area (Å²) in [6.45, 7) is 2.88. The minimum atomic E-state index is -0.555. The van der Waals surface area contributed by atoms with Crippen molar-refractivity contribution in [3.8, 4) is 0 Å². The highest BCUT2D eigenvalue weighted by Crippen LogP contribution is 1.99. The Morgan fingerprint density at radius 3 is 2.62 bits per heavy atom. The lowest BCUT2D eigenvalue weighted by Gasteiger charge is -2.26. The number of hydrogen-bond donors (Lipinski definition) is 1. The van der Waals surface area contributed by atoms with E-state index in [0.29, 0.717) is 39.2 Å². The second-order valence-electron chi connectivity index (χ2n) is 4.78. The minimum absolute atomic E-state index is 0.0236. The van der Waals surface area contributed by atoms with E-state index in [0.717, 1.165) is 5.56 Å². The molecule has 1 heterocycles. The van der Waals surface area contributed by atoms with Crippen LogP contribution in [0.1, 0.15) is 5.56 Å². The highest BCUT2D eigenvalue weighted by atomic mass is 16.5. The molecule has 1 aliphatic heterocycles. The number of piperazine rings is 1. The molecule has 1 aromatic carbocycles. The zero-order chi connectivity index (χ0) is 14.9. The first-order valence-corrected chi connectivity index (χ1v) is 7.11.